The van der Waals surface area contributed by atoms with E-state index in [1.54, 1.807) is 0 Å². The molecule has 0 bridgehead atoms. The topological polar surface area (TPSA) is 3.24 Å². The molecule has 0 amide bonds. The first-order valence-electron chi connectivity index (χ1n) is 20.0. The fourth-order valence-electron chi connectivity index (χ4n) is 10.1. The molecule has 9 aromatic rings. The van der Waals surface area contributed by atoms with Crippen molar-refractivity contribution in [1.29, 1.82) is 0 Å². The van der Waals surface area contributed by atoms with Crippen LogP contribution in [0.4, 0.5) is 17.1 Å². The predicted molar refractivity (Wildman–Crippen MR) is 238 cm³/mol. The van der Waals surface area contributed by atoms with Crippen molar-refractivity contribution in [2.24, 2.45) is 0 Å². The van der Waals surface area contributed by atoms with Gasteiger partial charge in [0.15, 0.2) is 0 Å². The van der Waals surface area contributed by atoms with Gasteiger partial charge in [-0.2, -0.15) is 0 Å². The second kappa shape index (κ2) is 12.7. The van der Waals surface area contributed by atoms with Gasteiger partial charge < -0.3 is 4.90 Å². The largest absolute Gasteiger partial charge is 0.310 e. The van der Waals surface area contributed by atoms with Gasteiger partial charge in [-0.3, -0.25) is 0 Å². The Morgan fingerprint density at radius 2 is 1.16 bits per heavy atom. The minimum Gasteiger partial charge on any atom is -0.310 e. The first-order valence-corrected chi connectivity index (χ1v) is 20.9. The average Bonchev–Trinajstić information content (AvgIpc) is 3.72. The Balaban J connectivity index is 1.22. The quantitative estimate of drug-likeness (QED) is 0.171. The van der Waals surface area contributed by atoms with Crippen LogP contribution in [0.5, 0.6) is 0 Å². The molecule has 0 aliphatic heterocycles. The molecule has 0 atom stereocenters. The molecule has 1 aromatic heterocycles. The zero-order chi connectivity index (χ0) is 36.7. The molecule has 8 aromatic carbocycles. The van der Waals surface area contributed by atoms with Crippen LogP contribution >= 0.6 is 11.3 Å². The lowest BCUT2D eigenvalue weighted by atomic mass is 9.81. The molecule has 1 saturated carbocycles. The molecule has 1 nitrogen and oxygen atoms in total. The van der Waals surface area contributed by atoms with Crippen LogP contribution in [0, 0.1) is 0 Å². The van der Waals surface area contributed by atoms with E-state index in [0.717, 1.165) is 0 Å². The highest BCUT2D eigenvalue weighted by Crippen LogP contribution is 2.53. The van der Waals surface area contributed by atoms with Crippen molar-refractivity contribution >= 4 is 70.1 Å². The Morgan fingerprint density at radius 3 is 2.04 bits per heavy atom. The highest BCUT2D eigenvalue weighted by molar-refractivity contribution is 7.25. The number of rotatable bonds is 5. The minimum absolute atomic E-state index is 0.0577. The van der Waals surface area contributed by atoms with Crippen molar-refractivity contribution in [3.63, 3.8) is 0 Å². The predicted octanol–water partition coefficient (Wildman–Crippen LogP) is 15.9. The number of nitrogens with zero attached hydrogens (tertiary/aromatic N) is 1. The highest BCUT2D eigenvalue weighted by Gasteiger charge is 2.36. The molecule has 1 fully saturated rings. The smallest absolute Gasteiger partial charge is 0.0546 e. The molecule has 0 unspecified atom stereocenters. The third kappa shape index (κ3) is 5.19. The Bertz CT molecular complexity index is 2960. The van der Waals surface area contributed by atoms with Crippen molar-refractivity contribution in [2.45, 2.75) is 57.3 Å². The van der Waals surface area contributed by atoms with Gasteiger partial charge in [-0.05, 0) is 110 Å². The zero-order valence-corrected chi connectivity index (χ0v) is 32.3. The molecule has 0 radical (unpaired) electrons. The van der Waals surface area contributed by atoms with Gasteiger partial charge in [-0.15, -0.1) is 11.3 Å². The third-order valence-corrected chi connectivity index (χ3v) is 14.0. The summed E-state index contributed by atoms with van der Waals surface area (Å²) in [5.74, 6) is 0.599. The lowest BCUT2D eigenvalue weighted by Crippen LogP contribution is -2.15. The van der Waals surface area contributed by atoms with Gasteiger partial charge in [0.05, 0.1) is 5.69 Å². The van der Waals surface area contributed by atoms with Crippen molar-refractivity contribution in [2.75, 3.05) is 4.90 Å². The minimum atomic E-state index is -0.0577. The fourth-order valence-corrected chi connectivity index (χ4v) is 11.2. The molecule has 1 heterocycles. The molecule has 11 rings (SSSR count). The number of anilines is 3. The van der Waals surface area contributed by atoms with Gasteiger partial charge in [0.1, 0.15) is 0 Å². The molecule has 266 valence electrons. The number of hydrogen-bond acceptors (Lipinski definition) is 2. The Hall–Kier alpha value is -5.70. The van der Waals surface area contributed by atoms with E-state index in [-0.39, 0.29) is 5.41 Å². The molecule has 55 heavy (non-hydrogen) atoms. The average molecular weight is 726 g/mol. The van der Waals surface area contributed by atoms with Crippen LogP contribution in [-0.2, 0) is 5.41 Å². The van der Waals surface area contributed by atoms with Crippen molar-refractivity contribution in [1.82, 2.24) is 0 Å². The molecular formula is C53H43NS. The normalized spacial score (nSPS) is 15.2. The maximum absolute atomic E-state index is 2.57. The van der Waals surface area contributed by atoms with E-state index in [4.69, 9.17) is 0 Å². The maximum Gasteiger partial charge on any atom is 0.0546 e. The van der Waals surface area contributed by atoms with Crippen LogP contribution in [0.3, 0.4) is 0 Å². The lowest BCUT2D eigenvalue weighted by molar-refractivity contribution is 0.444. The molecule has 0 N–H and O–H groups in total. The van der Waals surface area contributed by atoms with Gasteiger partial charge in [-0.25, -0.2) is 0 Å². The molecular weight excluding hydrogens is 683 g/mol. The summed E-state index contributed by atoms with van der Waals surface area (Å²) in [5, 5.41) is 7.83. The molecule has 2 aliphatic rings. The maximum atomic E-state index is 2.57. The van der Waals surface area contributed by atoms with Crippen LogP contribution in [0.25, 0.3) is 64.0 Å². The van der Waals surface area contributed by atoms with Crippen molar-refractivity contribution in [3.05, 3.63) is 174 Å². The number of thiophene rings is 1. The van der Waals surface area contributed by atoms with Crippen LogP contribution in [-0.4, -0.2) is 0 Å². The molecule has 2 aliphatic carbocycles. The van der Waals surface area contributed by atoms with E-state index in [0.29, 0.717) is 5.92 Å². The molecule has 0 spiro atoms. The van der Waals surface area contributed by atoms with Gasteiger partial charge in [-0.1, -0.05) is 154 Å². The first kappa shape index (κ1) is 32.7. The summed E-state index contributed by atoms with van der Waals surface area (Å²) in [7, 11) is 0. The Morgan fingerprint density at radius 1 is 0.491 bits per heavy atom. The van der Waals surface area contributed by atoms with Gasteiger partial charge in [0, 0.05) is 42.5 Å². The van der Waals surface area contributed by atoms with Crippen LogP contribution in [0.1, 0.15) is 68.6 Å². The number of fused-ring (bicyclic) bond motifs is 8. The van der Waals surface area contributed by atoms with Gasteiger partial charge >= 0.3 is 0 Å². The van der Waals surface area contributed by atoms with Crippen LogP contribution in [0.15, 0.2) is 158 Å². The molecule has 2 heteroatoms. The second-order valence-corrected chi connectivity index (χ2v) is 17.4. The second-order valence-electron chi connectivity index (χ2n) is 16.3. The number of benzene rings is 8. The lowest BCUT2D eigenvalue weighted by Gasteiger charge is -2.30. The molecule has 0 saturated heterocycles. The number of hydrogen-bond donors (Lipinski definition) is 0. The fraction of sp³-hybridized carbons (Fsp3) is 0.170. The summed E-state index contributed by atoms with van der Waals surface area (Å²) >= 11 is 1.89. The van der Waals surface area contributed by atoms with E-state index < -0.39 is 0 Å². The Kier molecular flexibility index (Phi) is 7.54. The van der Waals surface area contributed by atoms with Crippen LogP contribution < -0.4 is 4.90 Å². The summed E-state index contributed by atoms with van der Waals surface area (Å²) in [4.78, 5) is 2.56. The van der Waals surface area contributed by atoms with E-state index in [9.17, 15) is 0 Å². The monoisotopic (exact) mass is 725 g/mol. The SMILES string of the molecule is CC1(C)c2ccccc2-c2cc(N(c3ccc4c(c3)sc3ccccc34)c3ccc4ccccc4c3-c3cc(C4CCCCC4)cc4ccccc34)ccc21. The van der Waals surface area contributed by atoms with Crippen molar-refractivity contribution in [3.8, 4) is 22.3 Å². The highest BCUT2D eigenvalue weighted by atomic mass is 32.1. The standard InChI is InChI=1S/C53H43NS/c1-53(2)47-22-12-10-20-42(47)45-32-38(26-28-48(45)53)54(39-25-27-44-43-21-11-13-23-50(43)55-51(44)33-39)49-29-24-35-16-6-9-19-41(35)52(49)46-31-37(34-14-4-3-5-15-34)30-36-17-7-8-18-40(36)46/h6-13,16-34H,3-5,14-15H2,1-2H3. The van der Waals surface area contributed by atoms with E-state index in [2.05, 4.69) is 176 Å². The van der Waals surface area contributed by atoms with Crippen LogP contribution in [0.2, 0.25) is 0 Å². The van der Waals surface area contributed by atoms with E-state index in [1.807, 2.05) is 11.3 Å². The van der Waals surface area contributed by atoms with Gasteiger partial charge in [0.2, 0.25) is 0 Å². The van der Waals surface area contributed by atoms with E-state index in [1.165, 1.54) is 130 Å². The van der Waals surface area contributed by atoms with Gasteiger partial charge in [0.25, 0.3) is 0 Å². The summed E-state index contributed by atoms with van der Waals surface area (Å²) in [6, 6.07) is 60.1. The van der Waals surface area contributed by atoms with Crippen molar-refractivity contribution < 1.29 is 0 Å². The zero-order valence-electron chi connectivity index (χ0n) is 31.5. The summed E-state index contributed by atoms with van der Waals surface area (Å²) in [6.07, 6.45) is 6.53. The summed E-state index contributed by atoms with van der Waals surface area (Å²) in [5.41, 5.74) is 13.1. The van der Waals surface area contributed by atoms with E-state index >= 15 is 0 Å². The Labute approximate surface area is 327 Å². The first-order chi connectivity index (χ1) is 27.0. The third-order valence-electron chi connectivity index (χ3n) is 12.8. The summed E-state index contributed by atoms with van der Waals surface area (Å²) in [6.45, 7) is 4.74. The summed E-state index contributed by atoms with van der Waals surface area (Å²) < 4.78 is 2.64.